The van der Waals surface area contributed by atoms with Gasteiger partial charge in [-0.05, 0) is 31.2 Å². The van der Waals surface area contributed by atoms with E-state index in [1.807, 2.05) is 31.2 Å². The van der Waals surface area contributed by atoms with Gasteiger partial charge in [-0.1, -0.05) is 0 Å². The highest BCUT2D eigenvalue weighted by Crippen LogP contribution is 2.22. The summed E-state index contributed by atoms with van der Waals surface area (Å²) in [6, 6.07) is 7.52. The average molecular weight is 189 g/mol. The molecule has 1 aromatic carbocycles. The van der Waals surface area contributed by atoms with Crippen molar-refractivity contribution in [2.75, 3.05) is 5.32 Å². The molecule has 0 saturated carbocycles. The van der Waals surface area contributed by atoms with Crippen LogP contribution in [0.2, 0.25) is 0 Å². The molecule has 2 aromatic rings. The lowest BCUT2D eigenvalue weighted by Gasteiger charge is -2.00. The van der Waals surface area contributed by atoms with Crippen molar-refractivity contribution in [1.29, 1.82) is 0 Å². The van der Waals surface area contributed by atoms with E-state index in [9.17, 15) is 4.79 Å². The second kappa shape index (κ2) is 3.18. The summed E-state index contributed by atoms with van der Waals surface area (Å²) in [7, 11) is 0. The molecule has 0 atom stereocenters. The third kappa shape index (κ3) is 1.62. The summed E-state index contributed by atoms with van der Waals surface area (Å²) in [4.78, 5) is 10.8. The van der Waals surface area contributed by atoms with Gasteiger partial charge in [0.25, 0.3) is 0 Å². The van der Waals surface area contributed by atoms with Crippen LogP contribution in [0.25, 0.3) is 11.0 Å². The van der Waals surface area contributed by atoms with Crippen molar-refractivity contribution in [2.45, 2.75) is 13.8 Å². The van der Waals surface area contributed by atoms with Gasteiger partial charge in [0.1, 0.15) is 11.3 Å². The minimum Gasteiger partial charge on any atom is -0.461 e. The molecule has 0 saturated heterocycles. The predicted octanol–water partition coefficient (Wildman–Crippen LogP) is 2.70. The first kappa shape index (κ1) is 8.81. The number of fused-ring (bicyclic) bond motifs is 1. The van der Waals surface area contributed by atoms with Gasteiger partial charge < -0.3 is 9.73 Å². The first-order valence-corrected chi connectivity index (χ1v) is 4.43. The molecule has 3 nitrogen and oxygen atoms in total. The maximum Gasteiger partial charge on any atom is 0.221 e. The Morgan fingerprint density at radius 2 is 2.14 bits per heavy atom. The molecule has 0 aliphatic heterocycles. The van der Waals surface area contributed by atoms with Crippen LogP contribution in [0, 0.1) is 6.92 Å². The molecule has 0 aliphatic rings. The molecule has 0 bridgehead atoms. The van der Waals surface area contributed by atoms with Crippen LogP contribution in [-0.4, -0.2) is 5.91 Å². The van der Waals surface area contributed by atoms with Crippen LogP contribution in [0.3, 0.4) is 0 Å². The van der Waals surface area contributed by atoms with Gasteiger partial charge in [-0.15, -0.1) is 0 Å². The minimum absolute atomic E-state index is 0.0652. The zero-order valence-electron chi connectivity index (χ0n) is 8.13. The first-order chi connectivity index (χ1) is 6.65. The fourth-order valence-electron chi connectivity index (χ4n) is 1.46. The molecule has 14 heavy (non-hydrogen) atoms. The highest BCUT2D eigenvalue weighted by molar-refractivity contribution is 5.92. The van der Waals surface area contributed by atoms with E-state index in [2.05, 4.69) is 5.32 Å². The van der Waals surface area contributed by atoms with Gasteiger partial charge >= 0.3 is 0 Å². The molecular formula is C11H11NO2. The van der Waals surface area contributed by atoms with Gasteiger partial charge in [0.2, 0.25) is 5.91 Å². The van der Waals surface area contributed by atoms with E-state index in [-0.39, 0.29) is 5.91 Å². The smallest absolute Gasteiger partial charge is 0.221 e. The molecule has 1 amide bonds. The number of carbonyl (C=O) groups is 1. The zero-order valence-corrected chi connectivity index (χ0v) is 8.13. The van der Waals surface area contributed by atoms with E-state index in [4.69, 9.17) is 4.42 Å². The maximum absolute atomic E-state index is 10.8. The summed E-state index contributed by atoms with van der Waals surface area (Å²) in [6.45, 7) is 3.39. The van der Waals surface area contributed by atoms with Crippen LogP contribution in [0.15, 0.2) is 28.7 Å². The molecule has 2 rings (SSSR count). The summed E-state index contributed by atoms with van der Waals surface area (Å²) in [5, 5.41) is 3.73. The van der Waals surface area contributed by atoms with Crippen LogP contribution >= 0.6 is 0 Å². The predicted molar refractivity (Wildman–Crippen MR) is 55.3 cm³/mol. The van der Waals surface area contributed by atoms with Gasteiger partial charge in [-0.3, -0.25) is 4.79 Å². The summed E-state index contributed by atoms with van der Waals surface area (Å²) in [6.07, 6.45) is 0. The molecule has 0 unspecified atom stereocenters. The highest BCUT2D eigenvalue weighted by Gasteiger charge is 2.01. The topological polar surface area (TPSA) is 42.2 Å². The van der Waals surface area contributed by atoms with Crippen molar-refractivity contribution in [3.8, 4) is 0 Å². The van der Waals surface area contributed by atoms with Crippen LogP contribution in [0.1, 0.15) is 12.7 Å². The third-order valence-corrected chi connectivity index (χ3v) is 1.96. The Labute approximate surface area is 81.7 Å². The summed E-state index contributed by atoms with van der Waals surface area (Å²) in [5.41, 5.74) is 1.64. The minimum atomic E-state index is -0.0652. The maximum atomic E-state index is 10.8. The molecule has 1 N–H and O–H groups in total. The molecule has 0 fully saturated rings. The van der Waals surface area contributed by atoms with Crippen molar-refractivity contribution in [1.82, 2.24) is 0 Å². The number of anilines is 1. The fourth-order valence-corrected chi connectivity index (χ4v) is 1.46. The van der Waals surface area contributed by atoms with Crippen molar-refractivity contribution < 1.29 is 9.21 Å². The van der Waals surface area contributed by atoms with Crippen LogP contribution in [0.4, 0.5) is 5.69 Å². The molecule has 1 heterocycles. The number of furan rings is 1. The molecule has 0 radical (unpaired) electrons. The van der Waals surface area contributed by atoms with Crippen molar-refractivity contribution in [3.05, 3.63) is 30.0 Å². The highest BCUT2D eigenvalue weighted by atomic mass is 16.3. The van der Waals surface area contributed by atoms with Crippen molar-refractivity contribution >= 4 is 22.6 Å². The second-order valence-corrected chi connectivity index (χ2v) is 3.29. The lowest BCUT2D eigenvalue weighted by molar-refractivity contribution is -0.114. The number of carbonyl (C=O) groups excluding carboxylic acids is 1. The lowest BCUT2D eigenvalue weighted by Crippen LogP contribution is -2.05. The Morgan fingerprint density at radius 1 is 1.36 bits per heavy atom. The molecular weight excluding hydrogens is 178 g/mol. The largest absolute Gasteiger partial charge is 0.461 e. The van der Waals surface area contributed by atoms with E-state index in [1.165, 1.54) is 6.92 Å². The second-order valence-electron chi connectivity index (χ2n) is 3.29. The van der Waals surface area contributed by atoms with Gasteiger partial charge in [-0.2, -0.15) is 0 Å². The Hall–Kier alpha value is -1.77. The number of nitrogens with one attached hydrogen (secondary N) is 1. The molecule has 72 valence electrons. The van der Waals surface area contributed by atoms with Crippen LogP contribution < -0.4 is 5.32 Å². The Bertz CT molecular complexity index is 485. The summed E-state index contributed by atoms with van der Waals surface area (Å²) in [5.74, 6) is 0.810. The monoisotopic (exact) mass is 189 g/mol. The van der Waals surface area contributed by atoms with E-state index < -0.39 is 0 Å². The number of amides is 1. The molecule has 3 heteroatoms. The van der Waals surface area contributed by atoms with Crippen molar-refractivity contribution in [2.24, 2.45) is 0 Å². The summed E-state index contributed by atoms with van der Waals surface area (Å²) < 4.78 is 5.42. The van der Waals surface area contributed by atoms with E-state index in [0.29, 0.717) is 0 Å². The Balaban J connectivity index is 2.45. The molecule has 1 aromatic heterocycles. The number of aryl methyl sites for hydroxylation is 1. The molecule has 0 spiro atoms. The quantitative estimate of drug-likeness (QED) is 0.749. The number of benzene rings is 1. The third-order valence-electron chi connectivity index (χ3n) is 1.96. The van der Waals surface area contributed by atoms with E-state index in [1.54, 1.807) is 0 Å². The lowest BCUT2D eigenvalue weighted by atomic mass is 10.2. The standard InChI is InChI=1S/C11H11NO2/c1-7-5-9-6-10(12-8(2)13)3-4-11(9)14-7/h3-6H,1-2H3,(H,12,13). The van der Waals surface area contributed by atoms with Crippen molar-refractivity contribution in [3.63, 3.8) is 0 Å². The normalized spacial score (nSPS) is 10.4. The molecule has 0 aliphatic carbocycles. The van der Waals surface area contributed by atoms with Crippen LogP contribution in [-0.2, 0) is 4.79 Å². The number of hydrogen-bond donors (Lipinski definition) is 1. The first-order valence-electron chi connectivity index (χ1n) is 4.43. The van der Waals surface area contributed by atoms with Gasteiger partial charge in [0.05, 0.1) is 0 Å². The van der Waals surface area contributed by atoms with Gasteiger partial charge in [0.15, 0.2) is 0 Å². The Morgan fingerprint density at radius 3 is 2.86 bits per heavy atom. The van der Waals surface area contributed by atoms with E-state index in [0.717, 1.165) is 22.4 Å². The van der Waals surface area contributed by atoms with Gasteiger partial charge in [0, 0.05) is 18.0 Å². The fraction of sp³-hybridized carbons (Fsp3) is 0.182. The van der Waals surface area contributed by atoms with Crippen LogP contribution in [0.5, 0.6) is 0 Å². The average Bonchev–Trinajstić information content (AvgIpc) is 2.42. The zero-order chi connectivity index (χ0) is 10.1. The van der Waals surface area contributed by atoms with E-state index >= 15 is 0 Å². The van der Waals surface area contributed by atoms with Gasteiger partial charge in [-0.25, -0.2) is 0 Å². The number of hydrogen-bond acceptors (Lipinski definition) is 2. The number of rotatable bonds is 1. The summed E-state index contributed by atoms with van der Waals surface area (Å²) >= 11 is 0. The Kier molecular flexibility index (Phi) is 2.00. The SMILES string of the molecule is CC(=O)Nc1ccc2oc(C)cc2c1.